The van der Waals surface area contributed by atoms with Crippen LogP contribution in [0.3, 0.4) is 0 Å². The third-order valence-electron chi connectivity index (χ3n) is 2.93. The minimum atomic E-state index is -0.174. The first-order valence-corrected chi connectivity index (χ1v) is 6.81. The van der Waals surface area contributed by atoms with Crippen molar-refractivity contribution in [2.75, 3.05) is 6.54 Å². The summed E-state index contributed by atoms with van der Waals surface area (Å²) in [5.74, 6) is -0.174. The molecule has 1 aromatic carbocycles. The summed E-state index contributed by atoms with van der Waals surface area (Å²) in [5.41, 5.74) is 1.17. The quantitative estimate of drug-likeness (QED) is 0.881. The number of rotatable bonds is 4. The molecule has 0 aliphatic rings. The van der Waals surface area contributed by atoms with Crippen LogP contribution < -0.4 is 5.32 Å². The van der Waals surface area contributed by atoms with Crippen molar-refractivity contribution in [2.45, 2.75) is 40.2 Å². The standard InChI is InChI=1S/C14H21BrFN/c1-5-17-13(14(2,3)4)9-10-8-11(16)6-7-12(10)15/h6-8,13,17H,5,9H2,1-4H3. The van der Waals surface area contributed by atoms with Gasteiger partial charge in [0.25, 0.3) is 0 Å². The van der Waals surface area contributed by atoms with Gasteiger partial charge in [-0.2, -0.15) is 0 Å². The number of nitrogens with one attached hydrogen (secondary N) is 1. The minimum Gasteiger partial charge on any atom is -0.313 e. The Morgan fingerprint density at radius 1 is 1.35 bits per heavy atom. The molecule has 0 saturated carbocycles. The highest BCUT2D eigenvalue weighted by molar-refractivity contribution is 9.10. The molecule has 1 unspecified atom stereocenters. The second kappa shape index (κ2) is 5.96. The van der Waals surface area contributed by atoms with Crippen molar-refractivity contribution < 1.29 is 4.39 Å². The molecule has 1 nitrogen and oxygen atoms in total. The third kappa shape index (κ3) is 4.40. The maximum atomic E-state index is 13.2. The fraction of sp³-hybridized carbons (Fsp3) is 0.571. The van der Waals surface area contributed by atoms with Crippen molar-refractivity contribution in [3.8, 4) is 0 Å². The first-order valence-electron chi connectivity index (χ1n) is 6.02. The normalized spacial score (nSPS) is 13.8. The molecular weight excluding hydrogens is 281 g/mol. The highest BCUT2D eigenvalue weighted by Crippen LogP contribution is 2.26. The van der Waals surface area contributed by atoms with Crippen LogP contribution in [0.1, 0.15) is 33.3 Å². The van der Waals surface area contributed by atoms with E-state index in [0.29, 0.717) is 6.04 Å². The molecule has 0 aliphatic heterocycles. The Bertz CT molecular complexity index is 371. The van der Waals surface area contributed by atoms with E-state index in [4.69, 9.17) is 0 Å². The zero-order valence-corrected chi connectivity index (χ0v) is 12.6. The van der Waals surface area contributed by atoms with Crippen LogP contribution in [-0.4, -0.2) is 12.6 Å². The number of hydrogen-bond donors (Lipinski definition) is 1. The van der Waals surface area contributed by atoms with E-state index in [-0.39, 0.29) is 11.2 Å². The van der Waals surface area contributed by atoms with Crippen LogP contribution in [0, 0.1) is 11.2 Å². The fourth-order valence-corrected chi connectivity index (χ4v) is 2.26. The van der Waals surface area contributed by atoms with Gasteiger partial charge in [-0.3, -0.25) is 0 Å². The third-order valence-corrected chi connectivity index (χ3v) is 3.70. The highest BCUT2D eigenvalue weighted by atomic mass is 79.9. The molecule has 1 N–H and O–H groups in total. The largest absolute Gasteiger partial charge is 0.313 e. The van der Waals surface area contributed by atoms with Gasteiger partial charge >= 0.3 is 0 Å². The SMILES string of the molecule is CCNC(Cc1cc(F)ccc1Br)C(C)(C)C. The van der Waals surface area contributed by atoms with E-state index in [2.05, 4.69) is 48.9 Å². The lowest BCUT2D eigenvalue weighted by Crippen LogP contribution is -2.41. The summed E-state index contributed by atoms with van der Waals surface area (Å²) in [6, 6.07) is 5.20. The van der Waals surface area contributed by atoms with Crippen LogP contribution >= 0.6 is 15.9 Å². The van der Waals surface area contributed by atoms with Gasteiger partial charge in [-0.15, -0.1) is 0 Å². The van der Waals surface area contributed by atoms with Gasteiger partial charge in [-0.05, 0) is 42.1 Å². The van der Waals surface area contributed by atoms with Crippen molar-refractivity contribution in [3.05, 3.63) is 34.1 Å². The Hall–Kier alpha value is -0.410. The van der Waals surface area contributed by atoms with Crippen LogP contribution in [0.25, 0.3) is 0 Å². The van der Waals surface area contributed by atoms with Crippen molar-refractivity contribution in [3.63, 3.8) is 0 Å². The summed E-state index contributed by atoms with van der Waals surface area (Å²) in [5, 5.41) is 3.47. The van der Waals surface area contributed by atoms with Gasteiger partial charge in [0, 0.05) is 10.5 Å². The number of likely N-dealkylation sites (N-methyl/N-ethyl adjacent to an activating group) is 1. The molecule has 0 fully saturated rings. The monoisotopic (exact) mass is 301 g/mol. The summed E-state index contributed by atoms with van der Waals surface area (Å²) in [6.45, 7) is 9.63. The second-order valence-corrected chi connectivity index (χ2v) is 6.27. The molecule has 0 heterocycles. The molecule has 96 valence electrons. The topological polar surface area (TPSA) is 12.0 Å². The van der Waals surface area contributed by atoms with E-state index in [0.717, 1.165) is 23.0 Å². The van der Waals surface area contributed by atoms with Gasteiger partial charge in [0.05, 0.1) is 0 Å². The molecule has 0 radical (unpaired) electrons. The number of benzene rings is 1. The molecule has 1 atom stereocenters. The van der Waals surface area contributed by atoms with Crippen molar-refractivity contribution in [2.24, 2.45) is 5.41 Å². The Kier molecular flexibility index (Phi) is 5.14. The van der Waals surface area contributed by atoms with Crippen LogP contribution in [-0.2, 0) is 6.42 Å². The summed E-state index contributed by atoms with van der Waals surface area (Å²) >= 11 is 3.48. The van der Waals surface area contributed by atoms with Crippen LogP contribution in [0.5, 0.6) is 0 Å². The first-order chi connectivity index (χ1) is 7.84. The van der Waals surface area contributed by atoms with Gasteiger partial charge in [0.1, 0.15) is 5.82 Å². The van der Waals surface area contributed by atoms with E-state index in [1.54, 1.807) is 12.1 Å². The van der Waals surface area contributed by atoms with E-state index in [1.807, 2.05) is 0 Å². The van der Waals surface area contributed by atoms with Gasteiger partial charge in [0.2, 0.25) is 0 Å². The predicted molar refractivity (Wildman–Crippen MR) is 74.7 cm³/mol. The molecule has 3 heteroatoms. The molecule has 17 heavy (non-hydrogen) atoms. The summed E-state index contributed by atoms with van der Waals surface area (Å²) in [7, 11) is 0. The molecule has 0 bridgehead atoms. The Balaban J connectivity index is 2.89. The number of hydrogen-bond acceptors (Lipinski definition) is 1. The Morgan fingerprint density at radius 2 is 2.00 bits per heavy atom. The lowest BCUT2D eigenvalue weighted by Gasteiger charge is -2.32. The second-order valence-electron chi connectivity index (χ2n) is 5.42. The minimum absolute atomic E-state index is 0.155. The van der Waals surface area contributed by atoms with E-state index >= 15 is 0 Å². The zero-order chi connectivity index (χ0) is 13.1. The molecule has 0 aromatic heterocycles. The first kappa shape index (κ1) is 14.7. The van der Waals surface area contributed by atoms with Crippen LogP contribution in [0.2, 0.25) is 0 Å². The average molecular weight is 302 g/mol. The maximum absolute atomic E-state index is 13.2. The van der Waals surface area contributed by atoms with Gasteiger partial charge in [-0.25, -0.2) is 4.39 Å². The van der Waals surface area contributed by atoms with Crippen LogP contribution in [0.15, 0.2) is 22.7 Å². The smallest absolute Gasteiger partial charge is 0.123 e. The predicted octanol–water partition coefficient (Wildman–Crippen LogP) is 4.15. The lowest BCUT2D eigenvalue weighted by atomic mass is 9.83. The Morgan fingerprint density at radius 3 is 2.53 bits per heavy atom. The maximum Gasteiger partial charge on any atom is 0.123 e. The average Bonchev–Trinajstić information content (AvgIpc) is 2.21. The van der Waals surface area contributed by atoms with Crippen molar-refractivity contribution >= 4 is 15.9 Å². The number of halogens is 2. The van der Waals surface area contributed by atoms with E-state index in [9.17, 15) is 4.39 Å². The van der Waals surface area contributed by atoms with Gasteiger partial charge < -0.3 is 5.32 Å². The molecule has 0 amide bonds. The van der Waals surface area contributed by atoms with Crippen molar-refractivity contribution in [1.82, 2.24) is 5.32 Å². The lowest BCUT2D eigenvalue weighted by molar-refractivity contribution is 0.269. The zero-order valence-electron chi connectivity index (χ0n) is 11.0. The molecular formula is C14H21BrFN. The summed E-state index contributed by atoms with van der Waals surface area (Å²) in [4.78, 5) is 0. The van der Waals surface area contributed by atoms with Crippen LogP contribution in [0.4, 0.5) is 4.39 Å². The van der Waals surface area contributed by atoms with Gasteiger partial charge in [-0.1, -0.05) is 43.6 Å². The Labute approximate surface area is 112 Å². The fourth-order valence-electron chi connectivity index (χ4n) is 1.85. The summed E-state index contributed by atoms with van der Waals surface area (Å²) in [6.07, 6.45) is 0.829. The molecule has 0 saturated heterocycles. The van der Waals surface area contributed by atoms with Crippen molar-refractivity contribution in [1.29, 1.82) is 0 Å². The molecule has 0 aliphatic carbocycles. The summed E-state index contributed by atoms with van der Waals surface area (Å²) < 4.78 is 14.2. The molecule has 0 spiro atoms. The van der Waals surface area contributed by atoms with E-state index < -0.39 is 0 Å². The molecule has 1 aromatic rings. The molecule has 1 rings (SSSR count). The highest BCUT2D eigenvalue weighted by Gasteiger charge is 2.24. The van der Waals surface area contributed by atoms with Gasteiger partial charge in [0.15, 0.2) is 0 Å². The van der Waals surface area contributed by atoms with E-state index in [1.165, 1.54) is 6.07 Å².